The average molecular weight is 403 g/mol. The monoisotopic (exact) mass is 403 g/mol. The number of nitrogens with zero attached hydrogens (tertiary/aromatic N) is 6. The highest BCUT2D eigenvalue weighted by Crippen LogP contribution is 2.11. The van der Waals surface area contributed by atoms with Crippen LogP contribution in [0.2, 0.25) is 0 Å². The van der Waals surface area contributed by atoms with Crippen LogP contribution in [-0.2, 0) is 9.47 Å². The molecule has 10 heteroatoms. The van der Waals surface area contributed by atoms with Gasteiger partial charge < -0.3 is 15.2 Å². The fraction of sp³-hybridized carbons (Fsp3) is 0.421. The molecule has 0 amide bonds. The fourth-order valence-corrected chi connectivity index (χ4v) is 2.18. The largest absolute Gasteiger partial charge is 0.368 e. The molecule has 0 aliphatic rings. The van der Waals surface area contributed by atoms with E-state index in [1.807, 2.05) is 32.8 Å². The van der Waals surface area contributed by atoms with Crippen molar-refractivity contribution in [3.05, 3.63) is 48.3 Å². The lowest BCUT2D eigenvalue weighted by Crippen LogP contribution is -2.44. The van der Waals surface area contributed by atoms with Crippen molar-refractivity contribution < 1.29 is 14.3 Å². The van der Waals surface area contributed by atoms with Gasteiger partial charge in [0.05, 0.1) is 5.69 Å². The van der Waals surface area contributed by atoms with Gasteiger partial charge >= 0.3 is 0 Å². The zero-order chi connectivity index (χ0) is 22.0. The van der Waals surface area contributed by atoms with E-state index in [0.29, 0.717) is 17.4 Å². The van der Waals surface area contributed by atoms with Gasteiger partial charge in [-0.3, -0.25) is 14.1 Å². The minimum Gasteiger partial charge on any atom is -0.368 e. The molecule has 158 valence electrons. The number of nitrogen functional groups attached to an aromatic ring is 1. The first kappa shape index (κ1) is 24.1. The van der Waals surface area contributed by atoms with Crippen LogP contribution in [0.5, 0.6) is 0 Å². The van der Waals surface area contributed by atoms with Crippen LogP contribution in [0.25, 0.3) is 5.78 Å². The van der Waals surface area contributed by atoms with E-state index in [0.717, 1.165) is 5.69 Å². The van der Waals surface area contributed by atoms with Crippen LogP contribution in [0, 0.1) is 6.92 Å². The first-order valence-electron chi connectivity index (χ1n) is 8.77. The van der Waals surface area contributed by atoms with Crippen molar-refractivity contribution in [1.82, 2.24) is 29.2 Å². The summed E-state index contributed by atoms with van der Waals surface area (Å²) in [6.45, 7) is 5.20. The van der Waals surface area contributed by atoms with Gasteiger partial charge in [0.2, 0.25) is 17.6 Å². The number of methoxy groups -OCH3 is 2. The molecule has 2 N–H and O–H groups in total. The Morgan fingerprint density at radius 2 is 1.66 bits per heavy atom. The normalized spacial score (nSPS) is 10.8. The van der Waals surface area contributed by atoms with Crippen molar-refractivity contribution in [3.8, 4) is 0 Å². The van der Waals surface area contributed by atoms with Crippen LogP contribution in [-0.4, -0.2) is 69.2 Å². The summed E-state index contributed by atoms with van der Waals surface area (Å²) in [6, 6.07) is 3.50. The fourth-order valence-electron chi connectivity index (χ4n) is 2.18. The Labute approximate surface area is 170 Å². The number of aromatic nitrogens is 5. The molecule has 3 heterocycles. The zero-order valence-corrected chi connectivity index (χ0v) is 17.9. The number of Topliss-reactive ketones (excluding diaryl/α,β-unsaturated/α-hetero) is 1. The van der Waals surface area contributed by atoms with Gasteiger partial charge in [0.15, 0.2) is 5.78 Å². The number of ether oxygens (including phenoxy) is 2. The van der Waals surface area contributed by atoms with E-state index in [2.05, 4.69) is 19.9 Å². The summed E-state index contributed by atoms with van der Waals surface area (Å²) in [5.41, 5.74) is 6.48. The first-order chi connectivity index (χ1) is 13.7. The predicted octanol–water partition coefficient (Wildman–Crippen LogP) is 1.81. The van der Waals surface area contributed by atoms with Crippen molar-refractivity contribution in [2.75, 3.05) is 34.0 Å². The topological polar surface area (TPSA) is 121 Å². The Hall–Kier alpha value is -2.95. The highest BCUT2D eigenvalue weighted by molar-refractivity contribution is 5.94. The van der Waals surface area contributed by atoms with E-state index >= 15 is 0 Å². The Kier molecular flexibility index (Phi) is 9.26. The molecule has 0 aromatic carbocycles. The molecule has 0 unspecified atom stereocenters. The quantitative estimate of drug-likeness (QED) is 0.513. The first-order valence-corrected chi connectivity index (χ1v) is 8.77. The maximum Gasteiger partial charge on any atom is 0.234 e. The molecule has 3 aromatic heterocycles. The molecule has 0 aliphatic carbocycles. The second kappa shape index (κ2) is 11.1. The third-order valence-corrected chi connectivity index (χ3v) is 4.07. The van der Waals surface area contributed by atoms with Crippen molar-refractivity contribution in [2.24, 2.45) is 0 Å². The standard InChI is InChI=1S/C9H9N3O.C6H15NO2.C4H5N3/c1-6-8(7(2)13)12-5-3-4-10-9(12)11-6;1-6(8-4,9-5)7(2)3;5-4-6-2-1-3-7-4/h3-5H,1-2H3;1-5H3;1-3H,(H2,5,6,7). The summed E-state index contributed by atoms with van der Waals surface area (Å²) in [6.07, 6.45) is 6.65. The number of carbonyl (C=O) groups is 1. The zero-order valence-electron chi connectivity index (χ0n) is 17.9. The summed E-state index contributed by atoms with van der Waals surface area (Å²) in [5, 5.41) is 0. The van der Waals surface area contributed by atoms with Gasteiger partial charge in [0.1, 0.15) is 5.69 Å². The number of fused-ring (bicyclic) bond motifs is 1. The maximum absolute atomic E-state index is 11.3. The molecular formula is C19H29N7O3. The molecule has 0 saturated carbocycles. The van der Waals surface area contributed by atoms with Gasteiger partial charge in [0.25, 0.3) is 0 Å². The molecule has 0 fully saturated rings. The van der Waals surface area contributed by atoms with Crippen molar-refractivity contribution in [2.45, 2.75) is 26.7 Å². The molecule has 0 saturated heterocycles. The van der Waals surface area contributed by atoms with E-state index in [4.69, 9.17) is 15.2 Å². The number of anilines is 1. The lowest BCUT2D eigenvalue weighted by atomic mass is 10.2. The molecule has 0 bridgehead atoms. The Bertz CT molecular complexity index is 893. The predicted molar refractivity (Wildman–Crippen MR) is 110 cm³/mol. The van der Waals surface area contributed by atoms with Crippen LogP contribution in [0.4, 0.5) is 5.95 Å². The van der Waals surface area contributed by atoms with E-state index in [-0.39, 0.29) is 5.78 Å². The molecule has 0 aliphatic heterocycles. The number of hydrogen-bond acceptors (Lipinski definition) is 9. The summed E-state index contributed by atoms with van der Waals surface area (Å²) < 4.78 is 11.8. The summed E-state index contributed by atoms with van der Waals surface area (Å²) >= 11 is 0. The average Bonchev–Trinajstić information content (AvgIpc) is 3.04. The van der Waals surface area contributed by atoms with Crippen LogP contribution in [0.1, 0.15) is 30.0 Å². The van der Waals surface area contributed by atoms with Crippen LogP contribution in [0.15, 0.2) is 36.9 Å². The molecule has 0 atom stereocenters. The van der Waals surface area contributed by atoms with Gasteiger partial charge in [-0.25, -0.2) is 19.9 Å². The van der Waals surface area contributed by atoms with Crippen molar-refractivity contribution in [1.29, 1.82) is 0 Å². The smallest absolute Gasteiger partial charge is 0.234 e. The minimum absolute atomic E-state index is 0.0120. The van der Waals surface area contributed by atoms with Crippen LogP contribution >= 0.6 is 0 Å². The van der Waals surface area contributed by atoms with Crippen molar-refractivity contribution in [3.63, 3.8) is 0 Å². The van der Waals surface area contributed by atoms with Gasteiger partial charge in [-0.2, -0.15) is 0 Å². The molecule has 0 spiro atoms. The SMILES string of the molecule is CC(=O)c1c(C)nc2ncccn12.COC(C)(OC)N(C)C.Nc1ncccn1. The number of ketones is 1. The third-order valence-electron chi connectivity index (χ3n) is 4.07. The van der Waals surface area contributed by atoms with E-state index in [1.54, 1.807) is 55.5 Å². The Morgan fingerprint density at radius 1 is 1.10 bits per heavy atom. The number of carbonyl (C=O) groups excluding carboxylic acids is 1. The molecular weight excluding hydrogens is 374 g/mol. The number of nitrogens with two attached hydrogens (primary N) is 1. The lowest BCUT2D eigenvalue weighted by molar-refractivity contribution is -0.270. The lowest BCUT2D eigenvalue weighted by Gasteiger charge is -2.32. The van der Waals surface area contributed by atoms with Gasteiger partial charge in [0, 0.05) is 52.9 Å². The Balaban J connectivity index is 0.000000231. The van der Waals surface area contributed by atoms with E-state index < -0.39 is 5.91 Å². The van der Waals surface area contributed by atoms with Gasteiger partial charge in [-0.15, -0.1) is 0 Å². The number of aryl methyl sites for hydroxylation is 1. The van der Waals surface area contributed by atoms with E-state index in [9.17, 15) is 4.79 Å². The van der Waals surface area contributed by atoms with Crippen LogP contribution < -0.4 is 5.73 Å². The summed E-state index contributed by atoms with van der Waals surface area (Å²) in [4.78, 5) is 28.6. The van der Waals surface area contributed by atoms with E-state index in [1.165, 1.54) is 6.92 Å². The number of imidazole rings is 1. The molecule has 3 rings (SSSR count). The molecule has 0 radical (unpaired) electrons. The molecule has 3 aromatic rings. The third kappa shape index (κ3) is 6.86. The maximum atomic E-state index is 11.3. The second-order valence-corrected chi connectivity index (χ2v) is 6.20. The van der Waals surface area contributed by atoms with Crippen molar-refractivity contribution >= 4 is 17.5 Å². The number of rotatable bonds is 4. The molecule has 29 heavy (non-hydrogen) atoms. The second-order valence-electron chi connectivity index (χ2n) is 6.20. The highest BCUT2D eigenvalue weighted by atomic mass is 16.7. The Morgan fingerprint density at radius 3 is 2.03 bits per heavy atom. The minimum atomic E-state index is -0.583. The highest BCUT2D eigenvalue weighted by Gasteiger charge is 2.24. The molecule has 10 nitrogen and oxygen atoms in total. The van der Waals surface area contributed by atoms with Gasteiger partial charge in [-0.05, 0) is 33.2 Å². The summed E-state index contributed by atoms with van der Waals surface area (Å²) in [7, 11) is 7.02. The number of hydrogen-bond donors (Lipinski definition) is 1. The van der Waals surface area contributed by atoms with Crippen LogP contribution in [0.3, 0.4) is 0 Å². The van der Waals surface area contributed by atoms with Gasteiger partial charge in [-0.1, -0.05) is 0 Å². The summed E-state index contributed by atoms with van der Waals surface area (Å²) in [5.74, 6) is 0.325.